The molecule has 0 aromatic heterocycles. The number of rotatable bonds is 3. The van der Waals surface area contributed by atoms with Gasteiger partial charge in [0.05, 0.1) is 0 Å². The molecule has 114 valence electrons. The predicted octanol–water partition coefficient (Wildman–Crippen LogP) is 4.45. The zero-order valence-corrected chi connectivity index (χ0v) is 16.8. The highest BCUT2D eigenvalue weighted by Crippen LogP contribution is 2.40. The summed E-state index contributed by atoms with van der Waals surface area (Å²) in [7, 11) is -3.18. The highest BCUT2D eigenvalue weighted by Gasteiger charge is 2.41. The Labute approximate surface area is 128 Å². The second kappa shape index (κ2) is 7.50. The third-order valence-electron chi connectivity index (χ3n) is 3.88. The molecule has 0 radical (unpaired) electrons. The van der Waals surface area contributed by atoms with Crippen LogP contribution in [0.15, 0.2) is 0 Å². The Hall–Kier alpha value is -0.486. The minimum absolute atomic E-state index is 0.590. The second-order valence-corrected chi connectivity index (χ2v) is 17.9. The molecule has 0 spiro atoms. The van der Waals surface area contributed by atoms with E-state index in [-0.39, 0.29) is 0 Å². The highest BCUT2D eigenvalue weighted by molar-refractivity contribution is 6.90. The van der Waals surface area contributed by atoms with Crippen LogP contribution in [-0.2, 0) is 0 Å². The zero-order valence-electron chi connectivity index (χ0n) is 14.8. The first-order valence-corrected chi connectivity index (χ1v) is 13.4. The summed E-state index contributed by atoms with van der Waals surface area (Å²) in [6.07, 6.45) is -0.787. The van der Waals surface area contributed by atoms with Gasteiger partial charge in [0.25, 0.3) is 0 Å². The van der Waals surface area contributed by atoms with Gasteiger partial charge in [-0.15, -0.1) is 11.1 Å². The van der Waals surface area contributed by atoms with Crippen molar-refractivity contribution in [2.24, 2.45) is 0 Å². The molecule has 0 rings (SSSR count). The lowest BCUT2D eigenvalue weighted by atomic mass is 10.4. The molecule has 0 amide bonds. The molecule has 3 heteroatoms. The van der Waals surface area contributed by atoms with Crippen LogP contribution in [0.4, 0.5) is 0 Å². The van der Waals surface area contributed by atoms with Crippen molar-refractivity contribution in [3.8, 4) is 22.9 Å². The van der Waals surface area contributed by atoms with Crippen molar-refractivity contribution in [2.75, 3.05) is 0 Å². The van der Waals surface area contributed by atoms with E-state index in [2.05, 4.69) is 84.1 Å². The van der Waals surface area contributed by atoms with E-state index in [1.54, 1.807) is 0 Å². The SMILES string of the molecule is CC(C)[Si](C#C[C@@H](O)C#C[Si](C)(C)C)(C(C)C)C(C)C. The van der Waals surface area contributed by atoms with Gasteiger partial charge in [0, 0.05) is 0 Å². The van der Waals surface area contributed by atoms with E-state index in [0.29, 0.717) is 16.6 Å². The Morgan fingerprint density at radius 1 is 0.700 bits per heavy atom. The minimum Gasteiger partial charge on any atom is -0.369 e. The van der Waals surface area contributed by atoms with Crippen molar-refractivity contribution in [3.05, 3.63) is 0 Å². The summed E-state index contributed by atoms with van der Waals surface area (Å²) in [6, 6.07) is 0. The molecule has 0 aromatic rings. The summed E-state index contributed by atoms with van der Waals surface area (Å²) < 4.78 is 0. The maximum Gasteiger partial charge on any atom is 0.175 e. The first-order chi connectivity index (χ1) is 8.93. The van der Waals surface area contributed by atoms with Gasteiger partial charge in [-0.3, -0.25) is 0 Å². The number of aliphatic hydroxyl groups is 1. The van der Waals surface area contributed by atoms with Crippen LogP contribution >= 0.6 is 0 Å². The molecule has 20 heavy (non-hydrogen) atoms. The minimum atomic E-state index is -1.74. The standard InChI is InChI=1S/C17H32OSi2/c1-14(2)20(15(3)4,16(5)6)13-11-17(18)10-12-19(7,8)9/h14-18H,1-9H3/t17-/m0/s1. The number of hydrogen-bond acceptors (Lipinski definition) is 1. The van der Waals surface area contributed by atoms with Gasteiger partial charge in [0.1, 0.15) is 16.1 Å². The highest BCUT2D eigenvalue weighted by atomic mass is 28.3. The van der Waals surface area contributed by atoms with E-state index in [1.807, 2.05) is 0 Å². The van der Waals surface area contributed by atoms with Gasteiger partial charge in [-0.1, -0.05) is 73.0 Å². The van der Waals surface area contributed by atoms with Crippen LogP contribution in [0.3, 0.4) is 0 Å². The van der Waals surface area contributed by atoms with Gasteiger partial charge < -0.3 is 5.11 Å². The molecule has 0 aliphatic heterocycles. The third kappa shape index (κ3) is 5.48. The molecule has 1 atom stereocenters. The fraction of sp³-hybridized carbons (Fsp3) is 0.765. The van der Waals surface area contributed by atoms with E-state index in [0.717, 1.165) is 0 Å². The van der Waals surface area contributed by atoms with Gasteiger partial charge in [0.2, 0.25) is 0 Å². The molecule has 0 aromatic carbocycles. The Morgan fingerprint density at radius 2 is 1.05 bits per heavy atom. The fourth-order valence-electron chi connectivity index (χ4n) is 2.95. The lowest BCUT2D eigenvalue weighted by Gasteiger charge is -2.38. The molecule has 0 bridgehead atoms. The van der Waals surface area contributed by atoms with Crippen LogP contribution in [0.1, 0.15) is 41.5 Å². The van der Waals surface area contributed by atoms with Crippen LogP contribution in [0.5, 0.6) is 0 Å². The molecular weight excluding hydrogens is 276 g/mol. The fourth-order valence-corrected chi connectivity index (χ4v) is 8.77. The molecular formula is C17H32OSi2. The summed E-state index contributed by atoms with van der Waals surface area (Å²) >= 11 is 0. The van der Waals surface area contributed by atoms with Crippen LogP contribution in [-0.4, -0.2) is 27.4 Å². The Bertz CT molecular complexity index is 400. The van der Waals surface area contributed by atoms with Gasteiger partial charge in [-0.2, -0.15) is 0 Å². The van der Waals surface area contributed by atoms with E-state index in [4.69, 9.17) is 0 Å². The van der Waals surface area contributed by atoms with E-state index in [1.165, 1.54) is 0 Å². The molecule has 0 fully saturated rings. The van der Waals surface area contributed by atoms with E-state index in [9.17, 15) is 5.11 Å². The molecule has 0 aliphatic carbocycles. The first-order valence-electron chi connectivity index (χ1n) is 7.67. The summed E-state index contributed by atoms with van der Waals surface area (Å²) in [5.74, 6) is 5.98. The maximum absolute atomic E-state index is 10.0. The Kier molecular flexibility index (Phi) is 7.32. The monoisotopic (exact) mass is 308 g/mol. The van der Waals surface area contributed by atoms with Gasteiger partial charge in [-0.05, 0) is 16.6 Å². The molecule has 0 heterocycles. The Morgan fingerprint density at radius 3 is 1.35 bits per heavy atom. The van der Waals surface area contributed by atoms with Gasteiger partial charge >= 0.3 is 0 Å². The average Bonchev–Trinajstić information content (AvgIpc) is 2.24. The lowest BCUT2D eigenvalue weighted by molar-refractivity contribution is 0.290. The number of hydrogen-bond donors (Lipinski definition) is 1. The lowest BCUT2D eigenvalue weighted by Crippen LogP contribution is -2.43. The van der Waals surface area contributed by atoms with Crippen molar-refractivity contribution < 1.29 is 5.11 Å². The summed E-state index contributed by atoms with van der Waals surface area (Å²) in [6.45, 7) is 20.2. The smallest absolute Gasteiger partial charge is 0.175 e. The molecule has 1 N–H and O–H groups in total. The normalized spacial score (nSPS) is 13.8. The summed E-state index contributed by atoms with van der Waals surface area (Å²) in [5, 5.41) is 10.0. The summed E-state index contributed by atoms with van der Waals surface area (Å²) in [4.78, 5) is 0. The van der Waals surface area contributed by atoms with Crippen molar-refractivity contribution in [2.45, 2.75) is 83.9 Å². The topological polar surface area (TPSA) is 20.2 Å². The summed E-state index contributed by atoms with van der Waals surface area (Å²) in [5.41, 5.74) is 8.49. The second-order valence-electron chi connectivity index (χ2n) is 7.59. The van der Waals surface area contributed by atoms with Crippen LogP contribution in [0, 0.1) is 22.9 Å². The molecule has 0 aliphatic rings. The van der Waals surface area contributed by atoms with Gasteiger partial charge in [0.15, 0.2) is 6.10 Å². The van der Waals surface area contributed by atoms with Crippen LogP contribution in [0.2, 0.25) is 36.3 Å². The molecule has 0 saturated heterocycles. The largest absolute Gasteiger partial charge is 0.369 e. The van der Waals surface area contributed by atoms with Crippen LogP contribution in [0.25, 0.3) is 0 Å². The van der Waals surface area contributed by atoms with Crippen molar-refractivity contribution >= 4 is 16.1 Å². The predicted molar refractivity (Wildman–Crippen MR) is 96.0 cm³/mol. The van der Waals surface area contributed by atoms with Crippen LogP contribution < -0.4 is 0 Å². The first kappa shape index (κ1) is 19.5. The van der Waals surface area contributed by atoms with E-state index < -0.39 is 22.3 Å². The maximum atomic E-state index is 10.0. The van der Waals surface area contributed by atoms with Crippen molar-refractivity contribution in [3.63, 3.8) is 0 Å². The number of aliphatic hydroxyl groups excluding tert-OH is 1. The zero-order chi connectivity index (χ0) is 16.1. The quantitative estimate of drug-likeness (QED) is 0.603. The van der Waals surface area contributed by atoms with Crippen molar-refractivity contribution in [1.82, 2.24) is 0 Å². The van der Waals surface area contributed by atoms with E-state index >= 15 is 0 Å². The van der Waals surface area contributed by atoms with Crippen molar-refractivity contribution in [1.29, 1.82) is 0 Å². The molecule has 0 unspecified atom stereocenters. The Balaban J connectivity index is 5.40. The average molecular weight is 309 g/mol. The molecule has 0 saturated carbocycles. The van der Waals surface area contributed by atoms with Gasteiger partial charge in [-0.25, -0.2) is 0 Å². The molecule has 1 nitrogen and oxygen atoms in total. The third-order valence-corrected chi connectivity index (χ3v) is 11.1.